The third kappa shape index (κ3) is 6.08. The quantitative estimate of drug-likeness (QED) is 0.262. The van der Waals surface area contributed by atoms with Crippen LogP contribution in [0.4, 0.5) is 4.39 Å². The summed E-state index contributed by atoms with van der Waals surface area (Å²) in [7, 11) is 0. The number of rotatable bonds is 9. The molecule has 2 aromatic carbocycles. The summed E-state index contributed by atoms with van der Waals surface area (Å²) in [5.41, 5.74) is 1.31. The highest BCUT2D eigenvalue weighted by atomic mass is 35.5. The molecule has 7 nitrogen and oxygen atoms in total. The Morgan fingerprint density at radius 3 is 2.72 bits per heavy atom. The third-order valence-corrected chi connectivity index (χ3v) is 5.78. The lowest BCUT2D eigenvalue weighted by atomic mass is 10.1. The Morgan fingerprint density at radius 1 is 1.28 bits per heavy atom. The maximum Gasteiger partial charge on any atom is 0.455 e. The lowest BCUT2D eigenvalue weighted by molar-refractivity contribution is 0.214. The zero-order valence-electron chi connectivity index (χ0n) is 15.3. The summed E-state index contributed by atoms with van der Waals surface area (Å²) in [4.78, 5) is 3.92. The van der Waals surface area contributed by atoms with Crippen LogP contribution in [0.3, 0.4) is 0 Å². The van der Waals surface area contributed by atoms with Crippen molar-refractivity contribution in [2.45, 2.75) is 13.5 Å². The maximum atomic E-state index is 14.1. The second-order valence-electron chi connectivity index (χ2n) is 5.61. The SMILES string of the molecule is CCOP(=S)(O/N=C(\Cn1cncn1)c1ccccc1)Oc1ccc(Cl)cc1F. The normalized spacial score (nSPS) is 13.7. The van der Waals surface area contributed by atoms with Gasteiger partial charge >= 0.3 is 6.72 Å². The minimum atomic E-state index is -3.43. The average molecular weight is 455 g/mol. The molecule has 0 aliphatic heterocycles. The smallest absolute Gasteiger partial charge is 0.411 e. The van der Waals surface area contributed by atoms with Crippen molar-refractivity contribution >= 4 is 35.8 Å². The molecule has 0 spiro atoms. The molecule has 0 saturated carbocycles. The van der Waals surface area contributed by atoms with Crippen LogP contribution in [0.25, 0.3) is 0 Å². The molecule has 1 heterocycles. The molecule has 152 valence electrons. The lowest BCUT2D eigenvalue weighted by Crippen LogP contribution is -2.13. The van der Waals surface area contributed by atoms with Crippen LogP contribution in [0.5, 0.6) is 5.75 Å². The van der Waals surface area contributed by atoms with Crippen molar-refractivity contribution in [1.29, 1.82) is 0 Å². The van der Waals surface area contributed by atoms with Crippen LogP contribution in [0.2, 0.25) is 5.02 Å². The van der Waals surface area contributed by atoms with Crippen molar-refractivity contribution in [3.8, 4) is 5.75 Å². The Kier molecular flexibility index (Phi) is 7.33. The minimum Gasteiger partial charge on any atom is -0.411 e. The molecule has 0 saturated heterocycles. The molecule has 1 aromatic heterocycles. The molecule has 0 aliphatic carbocycles. The molecule has 1 unspecified atom stereocenters. The molecular weight excluding hydrogens is 438 g/mol. The van der Waals surface area contributed by atoms with E-state index in [1.165, 1.54) is 18.5 Å². The van der Waals surface area contributed by atoms with Crippen LogP contribution in [-0.2, 0) is 27.5 Å². The molecule has 0 N–H and O–H groups in total. The van der Waals surface area contributed by atoms with Gasteiger partial charge in [-0.15, -0.1) is 0 Å². The maximum absolute atomic E-state index is 14.1. The van der Waals surface area contributed by atoms with Crippen LogP contribution in [0.1, 0.15) is 12.5 Å². The van der Waals surface area contributed by atoms with Gasteiger partial charge in [0.15, 0.2) is 11.6 Å². The van der Waals surface area contributed by atoms with E-state index in [4.69, 9.17) is 37.1 Å². The molecule has 3 rings (SSSR count). The molecule has 3 aromatic rings. The summed E-state index contributed by atoms with van der Waals surface area (Å²) in [5, 5.41) is 8.49. The van der Waals surface area contributed by atoms with Gasteiger partial charge in [-0.1, -0.05) is 47.1 Å². The van der Waals surface area contributed by atoms with Crippen molar-refractivity contribution in [1.82, 2.24) is 14.8 Å². The molecule has 0 radical (unpaired) electrons. The van der Waals surface area contributed by atoms with E-state index < -0.39 is 12.5 Å². The van der Waals surface area contributed by atoms with Gasteiger partial charge < -0.3 is 9.15 Å². The van der Waals surface area contributed by atoms with Gasteiger partial charge in [0.2, 0.25) is 0 Å². The third-order valence-electron chi connectivity index (χ3n) is 3.53. The van der Waals surface area contributed by atoms with E-state index in [1.807, 2.05) is 30.3 Å². The van der Waals surface area contributed by atoms with Crippen molar-refractivity contribution in [3.63, 3.8) is 0 Å². The Hall–Kier alpha value is -2.32. The van der Waals surface area contributed by atoms with E-state index in [9.17, 15) is 4.39 Å². The number of hydrogen-bond acceptors (Lipinski definition) is 7. The largest absolute Gasteiger partial charge is 0.455 e. The lowest BCUT2D eigenvalue weighted by Gasteiger charge is -2.20. The van der Waals surface area contributed by atoms with Crippen molar-refractivity contribution in [3.05, 3.63) is 77.6 Å². The van der Waals surface area contributed by atoms with E-state index in [2.05, 4.69) is 15.2 Å². The van der Waals surface area contributed by atoms with Crippen molar-refractivity contribution in [2.75, 3.05) is 6.61 Å². The Balaban J connectivity index is 1.87. The Bertz CT molecular complexity index is 1020. The highest BCUT2D eigenvalue weighted by Crippen LogP contribution is 2.50. The summed E-state index contributed by atoms with van der Waals surface area (Å²) in [5.74, 6) is -0.802. The van der Waals surface area contributed by atoms with Crippen LogP contribution < -0.4 is 4.52 Å². The highest BCUT2D eigenvalue weighted by molar-refractivity contribution is 8.07. The predicted molar refractivity (Wildman–Crippen MR) is 112 cm³/mol. The van der Waals surface area contributed by atoms with Gasteiger partial charge in [-0.05, 0) is 25.1 Å². The van der Waals surface area contributed by atoms with E-state index >= 15 is 0 Å². The van der Waals surface area contributed by atoms with Gasteiger partial charge in [-0.3, -0.25) is 4.52 Å². The molecule has 0 amide bonds. The topological polar surface area (TPSA) is 70.8 Å². The molecule has 11 heteroatoms. The molecule has 29 heavy (non-hydrogen) atoms. The number of oxime groups is 1. The second kappa shape index (κ2) is 9.93. The van der Waals surface area contributed by atoms with Crippen LogP contribution in [0, 0.1) is 5.82 Å². The highest BCUT2D eigenvalue weighted by Gasteiger charge is 2.26. The Morgan fingerprint density at radius 2 is 2.07 bits per heavy atom. The fourth-order valence-corrected chi connectivity index (χ4v) is 4.12. The zero-order valence-corrected chi connectivity index (χ0v) is 17.8. The van der Waals surface area contributed by atoms with Crippen LogP contribution >= 0.6 is 18.3 Å². The van der Waals surface area contributed by atoms with Gasteiger partial charge in [0.05, 0.1) is 13.2 Å². The Labute approximate surface area is 177 Å². The molecule has 0 bridgehead atoms. The summed E-state index contributed by atoms with van der Waals surface area (Å²) < 4.78 is 32.3. The van der Waals surface area contributed by atoms with Crippen LogP contribution in [-0.4, -0.2) is 27.1 Å². The molecular formula is C18H17ClFN4O3PS. The fourth-order valence-electron chi connectivity index (χ4n) is 2.26. The van der Waals surface area contributed by atoms with Crippen molar-refractivity contribution < 1.29 is 18.1 Å². The van der Waals surface area contributed by atoms with Gasteiger partial charge in [-0.25, -0.2) is 14.1 Å². The second-order valence-corrected chi connectivity index (χ2v) is 8.89. The van der Waals surface area contributed by atoms with Crippen molar-refractivity contribution in [2.24, 2.45) is 5.16 Å². The first-order valence-corrected chi connectivity index (χ1v) is 11.4. The average Bonchev–Trinajstić information content (AvgIpc) is 3.22. The van der Waals surface area contributed by atoms with E-state index in [0.29, 0.717) is 5.71 Å². The number of nitrogens with zero attached hydrogens (tertiary/aromatic N) is 4. The fraction of sp³-hybridized carbons (Fsp3) is 0.167. The van der Waals surface area contributed by atoms with E-state index in [1.54, 1.807) is 17.9 Å². The first-order chi connectivity index (χ1) is 14.0. The number of benzene rings is 2. The van der Waals surface area contributed by atoms with Crippen LogP contribution in [0.15, 0.2) is 66.3 Å². The zero-order chi connectivity index (χ0) is 20.7. The van der Waals surface area contributed by atoms with Gasteiger partial charge in [-0.2, -0.15) is 5.10 Å². The predicted octanol–water partition coefficient (Wildman–Crippen LogP) is 4.83. The first kappa shape index (κ1) is 21.4. The number of aromatic nitrogens is 3. The monoisotopic (exact) mass is 454 g/mol. The molecule has 1 atom stereocenters. The molecule has 0 aliphatic rings. The van der Waals surface area contributed by atoms with Gasteiger partial charge in [0, 0.05) is 22.4 Å². The first-order valence-electron chi connectivity index (χ1n) is 8.52. The summed E-state index contributed by atoms with van der Waals surface area (Å²) >= 11 is 11.2. The minimum absolute atomic E-state index is 0.126. The summed E-state index contributed by atoms with van der Waals surface area (Å²) in [6.45, 7) is -1.23. The molecule has 0 fully saturated rings. The van der Waals surface area contributed by atoms with E-state index in [-0.39, 0.29) is 23.9 Å². The van der Waals surface area contributed by atoms with E-state index in [0.717, 1.165) is 11.6 Å². The standard InChI is InChI=1S/C18H17ClFN4O3PS/c1-2-25-28(29,26-18-9-8-15(19)10-16(18)20)27-23-17(11-24-13-21-12-22-24)14-6-4-3-5-7-14/h3-10,12-13H,2,11H2,1H3/b23-17+. The number of hydrogen-bond donors (Lipinski definition) is 0. The number of halogens is 2. The van der Waals surface area contributed by atoms with Gasteiger partial charge in [0.1, 0.15) is 18.4 Å². The van der Waals surface area contributed by atoms with Gasteiger partial charge in [0.25, 0.3) is 0 Å². The summed E-state index contributed by atoms with van der Waals surface area (Å²) in [6, 6.07) is 13.3. The summed E-state index contributed by atoms with van der Waals surface area (Å²) in [6.07, 6.45) is 2.97.